The highest BCUT2D eigenvalue weighted by Gasteiger charge is 2.08. The van der Waals surface area contributed by atoms with E-state index in [1.165, 1.54) is 12.1 Å². The normalized spacial score (nSPS) is 11.9. The Morgan fingerprint density at radius 1 is 1.31 bits per heavy atom. The number of hydrogen-bond acceptors (Lipinski definition) is 0. The topological polar surface area (TPSA) is 0 Å². The molecule has 0 aromatic heterocycles. The summed E-state index contributed by atoms with van der Waals surface area (Å²) < 4.78 is 26.8. The van der Waals surface area contributed by atoms with Crippen molar-refractivity contribution in [1.82, 2.24) is 0 Å². The maximum absolute atomic E-state index is 13.1. The highest BCUT2D eigenvalue weighted by atomic mass is 79.9. The van der Waals surface area contributed by atoms with Crippen LogP contribution in [0.25, 0.3) is 4.48 Å². The second-order valence-corrected chi connectivity index (χ2v) is 4.63. The second kappa shape index (κ2) is 6.14. The summed E-state index contributed by atoms with van der Waals surface area (Å²) in [5, 5.41) is 0. The number of benzene rings is 1. The number of hydrogen-bond donors (Lipinski definition) is 0. The predicted molar refractivity (Wildman–Crippen MR) is 67.5 cm³/mol. The summed E-state index contributed by atoms with van der Waals surface area (Å²) in [5.74, 6) is -1.60. The van der Waals surface area contributed by atoms with Crippen LogP contribution in [-0.4, -0.2) is 0 Å². The molecule has 0 radical (unpaired) electrons. The van der Waals surface area contributed by atoms with Crippen molar-refractivity contribution in [3.8, 4) is 0 Å². The van der Waals surface area contributed by atoms with Gasteiger partial charge in [0.25, 0.3) is 0 Å². The van der Waals surface area contributed by atoms with Crippen molar-refractivity contribution in [1.29, 1.82) is 0 Å². The standard InChI is InChI=1S/C13H15BrF2/c1-3-4-5-6-11(14)10-8-13(16)12(15)7-9(10)2/h6-8H,3-5H2,1-2H3/b11-6+. The molecule has 1 aromatic rings. The zero-order valence-corrected chi connectivity index (χ0v) is 11.1. The van der Waals surface area contributed by atoms with Crippen molar-refractivity contribution in [2.75, 3.05) is 0 Å². The smallest absolute Gasteiger partial charge is 0.159 e. The van der Waals surface area contributed by atoms with E-state index < -0.39 is 11.6 Å². The van der Waals surface area contributed by atoms with Crippen molar-refractivity contribution < 1.29 is 8.78 Å². The third-order valence-corrected chi connectivity index (χ3v) is 3.16. The Morgan fingerprint density at radius 3 is 2.56 bits per heavy atom. The molecule has 0 atom stereocenters. The lowest BCUT2D eigenvalue weighted by molar-refractivity contribution is 0.507. The highest BCUT2D eigenvalue weighted by Crippen LogP contribution is 2.27. The Kier molecular flexibility index (Phi) is 5.13. The fourth-order valence-corrected chi connectivity index (χ4v) is 2.10. The van der Waals surface area contributed by atoms with Crippen LogP contribution in [0.3, 0.4) is 0 Å². The Bertz CT molecular complexity index is 397. The summed E-state index contributed by atoms with van der Waals surface area (Å²) in [6.45, 7) is 3.89. The van der Waals surface area contributed by atoms with E-state index in [0.717, 1.165) is 34.9 Å². The molecule has 0 saturated heterocycles. The van der Waals surface area contributed by atoms with Gasteiger partial charge in [-0.3, -0.25) is 0 Å². The zero-order chi connectivity index (χ0) is 12.1. The molecule has 0 amide bonds. The van der Waals surface area contributed by atoms with Crippen LogP contribution in [0.4, 0.5) is 8.78 Å². The van der Waals surface area contributed by atoms with Crippen molar-refractivity contribution in [3.63, 3.8) is 0 Å². The fraction of sp³-hybridized carbons (Fsp3) is 0.385. The molecule has 0 unspecified atom stereocenters. The number of rotatable bonds is 4. The third kappa shape index (κ3) is 3.41. The highest BCUT2D eigenvalue weighted by molar-refractivity contribution is 9.15. The van der Waals surface area contributed by atoms with Gasteiger partial charge in [-0.05, 0) is 36.6 Å². The Hall–Kier alpha value is -0.700. The van der Waals surface area contributed by atoms with Gasteiger partial charge in [0.05, 0.1) is 0 Å². The molecule has 0 aliphatic rings. The summed E-state index contributed by atoms with van der Waals surface area (Å²) >= 11 is 3.40. The molecule has 0 heterocycles. The van der Waals surface area contributed by atoms with E-state index in [4.69, 9.17) is 0 Å². The molecule has 0 N–H and O–H groups in total. The van der Waals surface area contributed by atoms with Gasteiger partial charge >= 0.3 is 0 Å². The molecule has 0 fully saturated rings. The molecular formula is C13H15BrF2. The van der Waals surface area contributed by atoms with Crippen molar-refractivity contribution in [2.45, 2.75) is 33.1 Å². The molecular weight excluding hydrogens is 274 g/mol. The summed E-state index contributed by atoms with van der Waals surface area (Å²) in [5.41, 5.74) is 1.45. The van der Waals surface area contributed by atoms with Gasteiger partial charge in [-0.25, -0.2) is 8.78 Å². The fourth-order valence-electron chi connectivity index (χ4n) is 1.45. The molecule has 1 rings (SSSR count). The van der Waals surface area contributed by atoms with Gasteiger partial charge in [0.15, 0.2) is 11.6 Å². The molecule has 88 valence electrons. The maximum Gasteiger partial charge on any atom is 0.159 e. The van der Waals surface area contributed by atoms with E-state index in [1.807, 2.05) is 6.08 Å². The summed E-state index contributed by atoms with van der Waals surface area (Å²) in [6.07, 6.45) is 5.16. The number of halogens is 3. The predicted octanol–water partition coefficient (Wildman–Crippen LogP) is 5.20. The number of unbranched alkanes of at least 4 members (excludes halogenated alkanes) is 2. The number of aryl methyl sites for hydroxylation is 1. The van der Waals surface area contributed by atoms with Crippen molar-refractivity contribution in [2.24, 2.45) is 0 Å². The van der Waals surface area contributed by atoms with Crippen LogP contribution in [0.15, 0.2) is 18.2 Å². The van der Waals surface area contributed by atoms with E-state index >= 15 is 0 Å². The Labute approximate surface area is 103 Å². The molecule has 0 saturated carbocycles. The van der Waals surface area contributed by atoms with Crippen LogP contribution in [0.5, 0.6) is 0 Å². The van der Waals surface area contributed by atoms with E-state index in [9.17, 15) is 8.78 Å². The van der Waals surface area contributed by atoms with Crippen LogP contribution in [-0.2, 0) is 0 Å². The molecule has 0 aliphatic carbocycles. The average Bonchev–Trinajstić information content (AvgIpc) is 2.23. The van der Waals surface area contributed by atoms with Crippen LogP contribution in [0, 0.1) is 18.6 Å². The second-order valence-electron chi connectivity index (χ2n) is 3.78. The minimum absolute atomic E-state index is 0.718. The minimum Gasteiger partial charge on any atom is -0.204 e. The Balaban J connectivity index is 2.95. The molecule has 16 heavy (non-hydrogen) atoms. The summed E-state index contributed by atoms with van der Waals surface area (Å²) in [7, 11) is 0. The maximum atomic E-state index is 13.1. The van der Waals surface area contributed by atoms with Crippen LogP contribution >= 0.6 is 15.9 Å². The van der Waals surface area contributed by atoms with Crippen molar-refractivity contribution >= 4 is 20.4 Å². The Morgan fingerprint density at radius 2 is 1.94 bits per heavy atom. The van der Waals surface area contributed by atoms with E-state index in [2.05, 4.69) is 22.9 Å². The van der Waals surface area contributed by atoms with Gasteiger partial charge in [-0.2, -0.15) is 0 Å². The lowest BCUT2D eigenvalue weighted by Gasteiger charge is -2.06. The minimum atomic E-state index is -0.804. The van der Waals surface area contributed by atoms with Crippen LogP contribution in [0.2, 0.25) is 0 Å². The first-order chi connectivity index (χ1) is 7.56. The number of allylic oxidation sites excluding steroid dienone is 1. The lowest BCUT2D eigenvalue weighted by atomic mass is 10.1. The van der Waals surface area contributed by atoms with Gasteiger partial charge in [-0.1, -0.05) is 41.8 Å². The average molecular weight is 289 g/mol. The first-order valence-corrected chi connectivity index (χ1v) is 6.17. The lowest BCUT2D eigenvalue weighted by Crippen LogP contribution is -1.91. The van der Waals surface area contributed by atoms with Gasteiger partial charge in [0, 0.05) is 4.48 Å². The van der Waals surface area contributed by atoms with Gasteiger partial charge in [-0.15, -0.1) is 0 Å². The first kappa shape index (κ1) is 13.4. The molecule has 0 bridgehead atoms. The van der Waals surface area contributed by atoms with Crippen LogP contribution in [0.1, 0.15) is 37.3 Å². The molecule has 0 spiro atoms. The van der Waals surface area contributed by atoms with Crippen LogP contribution < -0.4 is 0 Å². The SMILES string of the molecule is CCCC/C=C(/Br)c1cc(F)c(F)cc1C. The molecule has 0 aliphatic heterocycles. The molecule has 3 heteroatoms. The summed E-state index contributed by atoms with van der Waals surface area (Å²) in [6, 6.07) is 2.46. The first-order valence-electron chi connectivity index (χ1n) is 5.38. The van der Waals surface area contributed by atoms with E-state index in [1.54, 1.807) is 6.92 Å². The van der Waals surface area contributed by atoms with Gasteiger partial charge in [0.1, 0.15) is 0 Å². The van der Waals surface area contributed by atoms with E-state index in [0.29, 0.717) is 0 Å². The van der Waals surface area contributed by atoms with Gasteiger partial charge in [0.2, 0.25) is 0 Å². The quantitative estimate of drug-likeness (QED) is 0.668. The molecule has 1 aromatic carbocycles. The largest absolute Gasteiger partial charge is 0.204 e. The molecule has 0 nitrogen and oxygen atoms in total. The van der Waals surface area contributed by atoms with E-state index in [-0.39, 0.29) is 0 Å². The summed E-state index contributed by atoms with van der Waals surface area (Å²) in [4.78, 5) is 0. The van der Waals surface area contributed by atoms with Gasteiger partial charge < -0.3 is 0 Å². The third-order valence-electron chi connectivity index (χ3n) is 2.41. The zero-order valence-electron chi connectivity index (χ0n) is 9.49. The van der Waals surface area contributed by atoms with Crippen molar-refractivity contribution in [3.05, 3.63) is 41.0 Å². The monoisotopic (exact) mass is 288 g/mol.